The average molecular weight is 388 g/mol. The van der Waals surface area contributed by atoms with E-state index in [1.807, 2.05) is 13.8 Å². The minimum Gasteiger partial charge on any atom is -0.478 e. The topological polar surface area (TPSA) is 89.9 Å². The zero-order valence-corrected chi connectivity index (χ0v) is 16.9. The number of esters is 2. The van der Waals surface area contributed by atoms with Crippen molar-refractivity contribution in [1.82, 2.24) is 0 Å². The molecule has 2 fully saturated rings. The van der Waals surface area contributed by atoms with Gasteiger partial charge in [-0.2, -0.15) is 0 Å². The summed E-state index contributed by atoms with van der Waals surface area (Å²) in [6.45, 7) is 6.75. The molecule has 6 heteroatoms. The van der Waals surface area contributed by atoms with Crippen LogP contribution >= 0.6 is 0 Å². The Kier molecular flexibility index (Phi) is 5.02. The number of cyclic esters (lactones) is 1. The maximum absolute atomic E-state index is 13.3. The fraction of sp³-hybridized carbons (Fsp3) is 0.591. The molecule has 1 saturated carbocycles. The van der Waals surface area contributed by atoms with Gasteiger partial charge in [-0.3, -0.25) is 9.59 Å². The van der Waals surface area contributed by atoms with Gasteiger partial charge in [-0.05, 0) is 59.0 Å². The van der Waals surface area contributed by atoms with Gasteiger partial charge in [0.2, 0.25) is 0 Å². The van der Waals surface area contributed by atoms with E-state index in [-0.39, 0.29) is 17.5 Å². The molecule has 0 aromatic rings. The molecule has 1 aliphatic heterocycles. The van der Waals surface area contributed by atoms with Crippen molar-refractivity contribution in [1.29, 1.82) is 0 Å². The summed E-state index contributed by atoms with van der Waals surface area (Å²) in [5.74, 6) is -1.91. The van der Waals surface area contributed by atoms with Crippen LogP contribution in [0.15, 0.2) is 35.5 Å². The third-order valence-corrected chi connectivity index (χ3v) is 6.75. The van der Waals surface area contributed by atoms with E-state index < -0.39 is 28.6 Å². The van der Waals surface area contributed by atoms with Gasteiger partial charge in [0.25, 0.3) is 0 Å². The predicted molar refractivity (Wildman–Crippen MR) is 102 cm³/mol. The molecular weight excluding hydrogens is 360 g/mol. The van der Waals surface area contributed by atoms with Gasteiger partial charge in [-0.1, -0.05) is 23.8 Å². The maximum Gasteiger partial charge on any atom is 0.331 e. The first kappa shape index (κ1) is 20.4. The number of allylic oxidation sites excluding steroid dienone is 4. The lowest BCUT2D eigenvalue weighted by molar-refractivity contribution is -0.235. The van der Waals surface area contributed by atoms with Crippen LogP contribution in [0.2, 0.25) is 0 Å². The number of carboxylic acids is 1. The average Bonchev–Trinajstić information content (AvgIpc) is 2.77. The zero-order chi connectivity index (χ0) is 20.7. The van der Waals surface area contributed by atoms with Crippen LogP contribution in [-0.4, -0.2) is 34.2 Å². The van der Waals surface area contributed by atoms with Gasteiger partial charge in [0.15, 0.2) is 0 Å². The summed E-state index contributed by atoms with van der Waals surface area (Å²) in [6.07, 6.45) is 10.1. The molecule has 0 aromatic heterocycles. The van der Waals surface area contributed by atoms with Crippen molar-refractivity contribution in [2.75, 3.05) is 0 Å². The Hall–Kier alpha value is -2.37. The summed E-state index contributed by atoms with van der Waals surface area (Å²) in [6, 6.07) is 0. The lowest BCUT2D eigenvalue weighted by Crippen LogP contribution is -2.65. The molecule has 0 aromatic carbocycles. The summed E-state index contributed by atoms with van der Waals surface area (Å²) < 4.78 is 11.9. The molecule has 2 bridgehead atoms. The molecule has 4 atom stereocenters. The van der Waals surface area contributed by atoms with Crippen molar-refractivity contribution in [2.24, 2.45) is 11.3 Å². The SMILES string of the molecule is CC(=O)O[C@]12CCC(C)=CC[C@]13CC[C@H]2[C@](C)(/C=C\C=C(/C)C(=O)O)OC3=O. The molecule has 28 heavy (non-hydrogen) atoms. The fourth-order valence-electron chi connectivity index (χ4n) is 5.25. The van der Waals surface area contributed by atoms with E-state index in [1.54, 1.807) is 12.2 Å². The number of carboxylic acid groups (broad SMARTS) is 1. The molecule has 6 nitrogen and oxygen atoms in total. The molecule has 1 heterocycles. The van der Waals surface area contributed by atoms with E-state index in [9.17, 15) is 14.4 Å². The highest BCUT2D eigenvalue weighted by Gasteiger charge is 2.74. The number of hydrogen-bond acceptors (Lipinski definition) is 5. The second kappa shape index (κ2) is 6.90. The number of ether oxygens (including phenoxy) is 2. The summed E-state index contributed by atoms with van der Waals surface area (Å²) in [5.41, 5.74) is -1.35. The van der Waals surface area contributed by atoms with Gasteiger partial charge >= 0.3 is 17.9 Å². The standard InChI is InChI=1S/C22H28O6/c1-14-7-11-21-12-9-17(22(21,13-8-14)27-16(3)23)20(4,28-19(21)26)10-5-6-15(2)18(24)25/h5-7,10,17H,8-9,11-13H2,1-4H3,(H,24,25)/b10-5-,15-6+/t17-,20-,21+,22-/m0/s1. The minimum absolute atomic E-state index is 0.185. The lowest BCUT2D eigenvalue weighted by atomic mass is 9.62. The molecule has 0 radical (unpaired) electrons. The maximum atomic E-state index is 13.3. The number of rotatable bonds is 4. The normalized spacial score (nSPS) is 37.7. The molecule has 1 N–H and O–H groups in total. The monoisotopic (exact) mass is 388 g/mol. The molecule has 3 aliphatic rings. The molecule has 0 unspecified atom stereocenters. The first-order valence-corrected chi connectivity index (χ1v) is 9.74. The highest BCUT2D eigenvalue weighted by Crippen LogP contribution is 2.65. The van der Waals surface area contributed by atoms with Crippen molar-refractivity contribution in [3.63, 3.8) is 0 Å². The summed E-state index contributed by atoms with van der Waals surface area (Å²) in [7, 11) is 0. The summed E-state index contributed by atoms with van der Waals surface area (Å²) in [5, 5.41) is 9.03. The van der Waals surface area contributed by atoms with Gasteiger partial charge in [-0.25, -0.2) is 4.79 Å². The van der Waals surface area contributed by atoms with E-state index in [1.165, 1.54) is 25.5 Å². The molecular formula is C22H28O6. The Balaban J connectivity index is 2.07. The third kappa shape index (κ3) is 2.99. The van der Waals surface area contributed by atoms with Crippen LogP contribution in [0.25, 0.3) is 0 Å². The van der Waals surface area contributed by atoms with Crippen LogP contribution in [-0.2, 0) is 23.9 Å². The number of carbonyl (C=O) groups excluding carboxylic acids is 2. The van der Waals surface area contributed by atoms with Gasteiger partial charge < -0.3 is 14.6 Å². The second-order valence-electron chi connectivity index (χ2n) is 8.50. The summed E-state index contributed by atoms with van der Waals surface area (Å²) >= 11 is 0. The van der Waals surface area contributed by atoms with Crippen molar-refractivity contribution >= 4 is 17.9 Å². The van der Waals surface area contributed by atoms with Crippen LogP contribution in [0.5, 0.6) is 0 Å². The van der Waals surface area contributed by atoms with Crippen molar-refractivity contribution in [3.8, 4) is 0 Å². The molecule has 0 amide bonds. The third-order valence-electron chi connectivity index (χ3n) is 6.75. The second-order valence-corrected chi connectivity index (χ2v) is 8.50. The van der Waals surface area contributed by atoms with Crippen molar-refractivity contribution in [2.45, 2.75) is 71.0 Å². The van der Waals surface area contributed by atoms with E-state index in [2.05, 4.69) is 6.08 Å². The van der Waals surface area contributed by atoms with Crippen LogP contribution < -0.4 is 0 Å². The van der Waals surface area contributed by atoms with Gasteiger partial charge in [-0.15, -0.1) is 0 Å². The number of carbonyl (C=O) groups is 3. The van der Waals surface area contributed by atoms with Gasteiger partial charge in [0.05, 0.1) is 0 Å². The zero-order valence-electron chi connectivity index (χ0n) is 16.9. The Labute approximate surface area is 165 Å². The van der Waals surface area contributed by atoms with E-state index in [0.29, 0.717) is 25.7 Å². The largest absolute Gasteiger partial charge is 0.478 e. The fourth-order valence-corrected chi connectivity index (χ4v) is 5.25. The number of aliphatic carboxylic acids is 1. The Morgan fingerprint density at radius 1 is 1.32 bits per heavy atom. The van der Waals surface area contributed by atoms with Crippen molar-refractivity contribution in [3.05, 3.63) is 35.5 Å². The molecule has 1 saturated heterocycles. The van der Waals surface area contributed by atoms with Crippen LogP contribution in [0, 0.1) is 11.3 Å². The lowest BCUT2D eigenvalue weighted by Gasteiger charge is -2.54. The highest BCUT2D eigenvalue weighted by molar-refractivity contribution is 5.86. The molecule has 2 aliphatic carbocycles. The van der Waals surface area contributed by atoms with Crippen LogP contribution in [0.3, 0.4) is 0 Å². The Bertz CT molecular complexity index is 806. The minimum atomic E-state index is -1.00. The first-order valence-electron chi connectivity index (χ1n) is 9.74. The molecule has 3 rings (SSSR count). The highest BCUT2D eigenvalue weighted by atomic mass is 16.6. The van der Waals surface area contributed by atoms with E-state index in [4.69, 9.17) is 14.6 Å². The Morgan fingerprint density at radius 3 is 2.68 bits per heavy atom. The van der Waals surface area contributed by atoms with E-state index in [0.717, 1.165) is 6.42 Å². The van der Waals surface area contributed by atoms with E-state index >= 15 is 0 Å². The predicted octanol–water partition coefficient (Wildman–Crippen LogP) is 3.72. The number of hydrogen-bond donors (Lipinski definition) is 1. The van der Waals surface area contributed by atoms with Crippen LogP contribution in [0.1, 0.15) is 59.8 Å². The molecule has 152 valence electrons. The smallest absolute Gasteiger partial charge is 0.331 e. The van der Waals surface area contributed by atoms with Crippen molar-refractivity contribution < 1.29 is 29.0 Å². The first-order chi connectivity index (χ1) is 13.1. The van der Waals surface area contributed by atoms with Crippen LogP contribution in [0.4, 0.5) is 0 Å². The summed E-state index contributed by atoms with van der Waals surface area (Å²) in [4.78, 5) is 36.4. The molecule has 0 spiro atoms. The van der Waals surface area contributed by atoms with Gasteiger partial charge in [0.1, 0.15) is 16.6 Å². The quantitative estimate of drug-likeness (QED) is 0.342. The Morgan fingerprint density at radius 2 is 2.04 bits per heavy atom. The van der Waals surface area contributed by atoms with Gasteiger partial charge in [0, 0.05) is 18.4 Å².